The zero-order chi connectivity index (χ0) is 8.27. The molecule has 0 aromatic carbocycles. The maximum absolute atomic E-state index is 10.4. The molecule has 1 rings (SSSR count). The van der Waals surface area contributed by atoms with E-state index in [9.17, 15) is 9.59 Å². The van der Waals surface area contributed by atoms with Crippen molar-refractivity contribution in [3.05, 3.63) is 0 Å². The molecule has 0 aliphatic carbocycles. The van der Waals surface area contributed by atoms with Gasteiger partial charge in [-0.25, -0.2) is 0 Å². The van der Waals surface area contributed by atoms with Crippen molar-refractivity contribution in [3.63, 3.8) is 0 Å². The van der Waals surface area contributed by atoms with Crippen LogP contribution in [-0.4, -0.2) is 28.4 Å². The van der Waals surface area contributed by atoms with Crippen LogP contribution in [0.1, 0.15) is 6.42 Å². The van der Waals surface area contributed by atoms with Crippen LogP contribution in [0.25, 0.3) is 0 Å². The van der Waals surface area contributed by atoms with E-state index in [4.69, 9.17) is 11.6 Å². The van der Waals surface area contributed by atoms with Crippen LogP contribution in [0.2, 0.25) is 0 Å². The summed E-state index contributed by atoms with van der Waals surface area (Å²) in [7, 11) is 0. The van der Waals surface area contributed by atoms with Gasteiger partial charge in [0.05, 0.1) is 23.3 Å². The fraction of sp³-hybridized carbons (Fsp3) is 0.500. The molecular formula is C6H6ClNO2S. The summed E-state index contributed by atoms with van der Waals surface area (Å²) >= 11 is 6.44. The lowest BCUT2D eigenvalue weighted by molar-refractivity contribution is -0.110. The van der Waals surface area contributed by atoms with Crippen molar-refractivity contribution in [2.75, 3.05) is 6.54 Å². The molecule has 5 heteroatoms. The highest BCUT2D eigenvalue weighted by atomic mass is 35.5. The number of carbonyl (C=O) groups is 2. The highest BCUT2D eigenvalue weighted by molar-refractivity contribution is 8.15. The van der Waals surface area contributed by atoms with Crippen molar-refractivity contribution in [3.8, 4) is 0 Å². The Labute approximate surface area is 73.2 Å². The van der Waals surface area contributed by atoms with Crippen LogP contribution in [0.3, 0.4) is 0 Å². The molecule has 0 aromatic heterocycles. The molecule has 1 aliphatic rings. The molecule has 0 N–H and O–H groups in total. The van der Waals surface area contributed by atoms with E-state index >= 15 is 0 Å². The number of carbonyl (C=O) groups excluding carboxylic acids is 2. The van der Waals surface area contributed by atoms with Crippen LogP contribution in [0.5, 0.6) is 0 Å². The summed E-state index contributed by atoms with van der Waals surface area (Å²) in [6.07, 6.45) is 0.983. The van der Waals surface area contributed by atoms with Crippen molar-refractivity contribution in [2.45, 2.75) is 11.7 Å². The van der Waals surface area contributed by atoms with Gasteiger partial charge < -0.3 is 4.79 Å². The molecule has 0 radical (unpaired) electrons. The van der Waals surface area contributed by atoms with E-state index in [1.165, 1.54) is 11.8 Å². The zero-order valence-electron chi connectivity index (χ0n) is 5.62. The third-order valence-corrected chi connectivity index (χ3v) is 2.42. The largest absolute Gasteiger partial charge is 0.302 e. The smallest absolute Gasteiger partial charge is 0.228 e. The number of aliphatic imine (C=N–C) groups is 1. The summed E-state index contributed by atoms with van der Waals surface area (Å²) < 4.78 is 0. The van der Waals surface area contributed by atoms with Gasteiger partial charge in [-0.05, 0) is 11.6 Å². The average molecular weight is 192 g/mol. The van der Waals surface area contributed by atoms with Gasteiger partial charge in [0.1, 0.15) is 6.29 Å². The van der Waals surface area contributed by atoms with E-state index < -0.39 is 5.24 Å². The third-order valence-electron chi connectivity index (χ3n) is 1.18. The Morgan fingerprint density at radius 1 is 1.91 bits per heavy atom. The van der Waals surface area contributed by atoms with E-state index in [0.29, 0.717) is 11.6 Å². The number of hydrogen-bond donors (Lipinski definition) is 0. The first-order valence-corrected chi connectivity index (χ1v) is 4.31. The third kappa shape index (κ3) is 2.63. The molecule has 0 aromatic rings. The number of aldehydes is 1. The normalized spacial score (nSPS) is 23.0. The maximum Gasteiger partial charge on any atom is 0.228 e. The van der Waals surface area contributed by atoms with E-state index in [0.717, 1.165) is 6.29 Å². The predicted octanol–water partition coefficient (Wildman–Crippen LogP) is 0.855. The van der Waals surface area contributed by atoms with Crippen molar-refractivity contribution in [1.29, 1.82) is 0 Å². The molecule has 0 bridgehead atoms. The van der Waals surface area contributed by atoms with E-state index in [1.807, 2.05) is 0 Å². The number of thioether (sulfide) groups is 1. The summed E-state index contributed by atoms with van der Waals surface area (Å²) in [5.41, 5.74) is 0. The molecule has 1 unspecified atom stereocenters. The first kappa shape index (κ1) is 8.74. The lowest BCUT2D eigenvalue weighted by Gasteiger charge is -1.94. The Bertz CT molecular complexity index is 217. The van der Waals surface area contributed by atoms with Gasteiger partial charge in [0.2, 0.25) is 5.24 Å². The van der Waals surface area contributed by atoms with Gasteiger partial charge in [-0.1, -0.05) is 11.8 Å². The second-order valence-electron chi connectivity index (χ2n) is 2.06. The minimum Gasteiger partial charge on any atom is -0.302 e. The maximum atomic E-state index is 10.4. The van der Waals surface area contributed by atoms with Crippen LogP contribution in [-0.2, 0) is 9.59 Å². The molecule has 0 saturated carbocycles. The summed E-state index contributed by atoms with van der Waals surface area (Å²) in [4.78, 5) is 24.6. The van der Waals surface area contributed by atoms with Gasteiger partial charge in [0.25, 0.3) is 0 Å². The van der Waals surface area contributed by atoms with Gasteiger partial charge >= 0.3 is 0 Å². The molecule has 0 amide bonds. The number of rotatable bonds is 3. The van der Waals surface area contributed by atoms with E-state index in [1.54, 1.807) is 0 Å². The Hall–Kier alpha value is -0.350. The number of halogens is 1. The van der Waals surface area contributed by atoms with E-state index in [2.05, 4.69) is 4.99 Å². The topological polar surface area (TPSA) is 46.5 Å². The Morgan fingerprint density at radius 2 is 2.64 bits per heavy atom. The molecule has 1 aliphatic heterocycles. The van der Waals surface area contributed by atoms with E-state index in [-0.39, 0.29) is 11.7 Å². The Balaban J connectivity index is 2.39. The van der Waals surface area contributed by atoms with Crippen LogP contribution >= 0.6 is 23.4 Å². The second kappa shape index (κ2) is 3.88. The Morgan fingerprint density at radius 3 is 3.09 bits per heavy atom. The van der Waals surface area contributed by atoms with Crippen LogP contribution < -0.4 is 0 Å². The van der Waals surface area contributed by atoms with Gasteiger partial charge in [0, 0.05) is 0 Å². The van der Waals surface area contributed by atoms with Gasteiger partial charge in [0.15, 0.2) is 0 Å². The second-order valence-corrected chi connectivity index (χ2v) is 3.79. The molecule has 0 saturated heterocycles. The Kier molecular flexibility index (Phi) is 3.08. The SMILES string of the molecule is O=CC1CN=C(CC(=O)Cl)S1. The van der Waals surface area contributed by atoms with Gasteiger partial charge in [-0.3, -0.25) is 9.79 Å². The van der Waals surface area contributed by atoms with Crippen LogP contribution in [0, 0.1) is 0 Å². The first-order chi connectivity index (χ1) is 5.22. The van der Waals surface area contributed by atoms with Crippen LogP contribution in [0.15, 0.2) is 4.99 Å². The van der Waals surface area contributed by atoms with Crippen molar-refractivity contribution < 1.29 is 9.59 Å². The lowest BCUT2D eigenvalue weighted by Crippen LogP contribution is -2.04. The average Bonchev–Trinajstić information content (AvgIpc) is 2.34. The van der Waals surface area contributed by atoms with Gasteiger partial charge in [-0.15, -0.1) is 0 Å². The van der Waals surface area contributed by atoms with Crippen molar-refractivity contribution in [1.82, 2.24) is 0 Å². The predicted molar refractivity (Wildman–Crippen MR) is 45.2 cm³/mol. The summed E-state index contributed by atoms with van der Waals surface area (Å²) in [6.45, 7) is 0.480. The first-order valence-electron chi connectivity index (χ1n) is 3.06. The molecule has 0 spiro atoms. The zero-order valence-corrected chi connectivity index (χ0v) is 7.19. The molecule has 0 fully saturated rings. The monoisotopic (exact) mass is 191 g/mol. The fourth-order valence-corrected chi connectivity index (χ4v) is 1.85. The molecule has 11 heavy (non-hydrogen) atoms. The summed E-state index contributed by atoms with van der Waals surface area (Å²) in [6, 6.07) is 0. The summed E-state index contributed by atoms with van der Waals surface area (Å²) in [5.74, 6) is 0. The fourth-order valence-electron chi connectivity index (χ4n) is 0.728. The lowest BCUT2D eigenvalue weighted by atomic mass is 10.4. The summed E-state index contributed by atoms with van der Waals surface area (Å²) in [5, 5.41) is 0.130. The minimum absolute atomic E-state index is 0.110. The number of nitrogens with zero attached hydrogens (tertiary/aromatic N) is 1. The van der Waals surface area contributed by atoms with Crippen LogP contribution in [0.4, 0.5) is 0 Å². The highest BCUT2D eigenvalue weighted by Crippen LogP contribution is 2.21. The van der Waals surface area contributed by atoms with Crippen molar-refractivity contribution >= 4 is 39.9 Å². The number of hydrogen-bond acceptors (Lipinski definition) is 4. The molecular weight excluding hydrogens is 186 g/mol. The molecule has 60 valence electrons. The standard InChI is InChI=1S/C6H6ClNO2S/c7-5(10)1-6-8-2-4(3-9)11-6/h3-4H,1-2H2. The quantitative estimate of drug-likeness (QED) is 0.491. The molecule has 1 atom stereocenters. The minimum atomic E-state index is -0.428. The highest BCUT2D eigenvalue weighted by Gasteiger charge is 2.19. The molecule has 1 heterocycles. The van der Waals surface area contributed by atoms with Gasteiger partial charge in [-0.2, -0.15) is 0 Å². The van der Waals surface area contributed by atoms with Crippen molar-refractivity contribution in [2.24, 2.45) is 4.99 Å². The molecule has 3 nitrogen and oxygen atoms in total.